The number of likely N-dealkylation sites (tertiary alicyclic amines) is 2. The average molecular weight is 349 g/mol. The fourth-order valence-corrected chi connectivity index (χ4v) is 4.26. The molecule has 1 aromatic carbocycles. The molecular weight excluding hydrogens is 320 g/mol. The first kappa shape index (κ1) is 17.9. The van der Waals surface area contributed by atoms with Crippen LogP contribution in [0.4, 0.5) is 0 Å². The second-order valence-corrected chi connectivity index (χ2v) is 7.68. The second-order valence-electron chi connectivity index (χ2n) is 7.19. The molecule has 2 saturated heterocycles. The second kappa shape index (κ2) is 9.00. The predicted molar refractivity (Wildman–Crippen MR) is 101 cm³/mol. The Morgan fingerprint density at radius 2 is 1.88 bits per heavy atom. The molecule has 0 bridgehead atoms. The number of aliphatic hydroxyl groups excluding tert-OH is 1. The van der Waals surface area contributed by atoms with Crippen molar-refractivity contribution in [1.29, 1.82) is 0 Å². The van der Waals surface area contributed by atoms with Crippen molar-refractivity contribution in [2.24, 2.45) is 5.92 Å². The Hall–Kier alpha value is -0.870. The maximum atomic E-state index is 9.30. The van der Waals surface area contributed by atoms with E-state index in [1.165, 1.54) is 18.4 Å². The van der Waals surface area contributed by atoms with Crippen molar-refractivity contribution in [3.63, 3.8) is 0 Å². The van der Waals surface area contributed by atoms with Crippen LogP contribution in [0.3, 0.4) is 0 Å². The van der Waals surface area contributed by atoms with Crippen molar-refractivity contribution in [2.45, 2.75) is 31.7 Å². The number of piperidine rings is 2. The van der Waals surface area contributed by atoms with E-state index in [9.17, 15) is 5.11 Å². The Bertz CT molecular complexity index is 526. The molecule has 1 N–H and O–H groups in total. The van der Waals surface area contributed by atoms with E-state index < -0.39 is 0 Å². The van der Waals surface area contributed by atoms with Gasteiger partial charge in [0.1, 0.15) is 0 Å². The van der Waals surface area contributed by atoms with Gasteiger partial charge in [0.25, 0.3) is 0 Å². The monoisotopic (exact) mass is 348 g/mol. The van der Waals surface area contributed by atoms with Gasteiger partial charge in [-0.15, -0.1) is 0 Å². The summed E-state index contributed by atoms with van der Waals surface area (Å²) < 4.78 is 0. The van der Waals surface area contributed by atoms with Crippen LogP contribution < -0.4 is 0 Å². The lowest BCUT2D eigenvalue weighted by Gasteiger charge is -2.42. The summed E-state index contributed by atoms with van der Waals surface area (Å²) in [5, 5.41) is 10.2. The van der Waals surface area contributed by atoms with E-state index in [1.807, 2.05) is 18.2 Å². The van der Waals surface area contributed by atoms with Gasteiger partial charge in [0, 0.05) is 30.8 Å². The van der Waals surface area contributed by atoms with Crippen molar-refractivity contribution >= 4 is 17.7 Å². The molecule has 2 fully saturated rings. The van der Waals surface area contributed by atoms with Crippen molar-refractivity contribution in [3.05, 3.63) is 40.9 Å². The molecule has 0 saturated carbocycles. The molecular formula is C20H29ClN2O. The summed E-state index contributed by atoms with van der Waals surface area (Å²) >= 11 is 6.50. The first-order valence-corrected chi connectivity index (χ1v) is 9.61. The zero-order valence-electron chi connectivity index (χ0n) is 14.4. The molecule has 2 aliphatic heterocycles. The molecule has 1 aromatic rings. The quantitative estimate of drug-likeness (QED) is 0.883. The van der Waals surface area contributed by atoms with Crippen molar-refractivity contribution in [1.82, 2.24) is 9.80 Å². The lowest BCUT2D eigenvalue weighted by molar-refractivity contribution is 0.0600. The third-order valence-corrected chi connectivity index (χ3v) is 5.63. The number of hydrogen-bond donors (Lipinski definition) is 1. The van der Waals surface area contributed by atoms with Crippen molar-refractivity contribution in [2.75, 3.05) is 39.3 Å². The Labute approximate surface area is 150 Å². The Balaban J connectivity index is 1.51. The molecule has 0 spiro atoms. The predicted octanol–water partition coefficient (Wildman–Crippen LogP) is 3.44. The van der Waals surface area contributed by atoms with Crippen molar-refractivity contribution in [3.8, 4) is 0 Å². The van der Waals surface area contributed by atoms with E-state index in [4.69, 9.17) is 11.6 Å². The number of hydrogen-bond acceptors (Lipinski definition) is 3. The topological polar surface area (TPSA) is 26.7 Å². The Morgan fingerprint density at radius 1 is 1.12 bits per heavy atom. The highest BCUT2D eigenvalue weighted by atomic mass is 35.5. The molecule has 132 valence electrons. The first-order chi connectivity index (χ1) is 11.7. The van der Waals surface area contributed by atoms with Crippen LogP contribution in [0.15, 0.2) is 35.4 Å². The molecule has 4 heteroatoms. The summed E-state index contributed by atoms with van der Waals surface area (Å²) in [6, 6.07) is 10.9. The van der Waals surface area contributed by atoms with Gasteiger partial charge in [0.15, 0.2) is 0 Å². The van der Waals surface area contributed by atoms with Gasteiger partial charge in [-0.3, -0.25) is 9.80 Å². The Kier molecular flexibility index (Phi) is 6.73. The zero-order valence-corrected chi connectivity index (χ0v) is 15.2. The fraction of sp³-hybridized carbons (Fsp3) is 0.600. The molecule has 3 rings (SSSR count). The SMILES string of the molecule is OCC1CCN(C2CCCN(CC(Cl)=Cc3ccccc3)C2)CC1. The minimum atomic E-state index is 0.352. The van der Waals surface area contributed by atoms with Gasteiger partial charge in [0.2, 0.25) is 0 Å². The van der Waals surface area contributed by atoms with Gasteiger partial charge >= 0.3 is 0 Å². The first-order valence-electron chi connectivity index (χ1n) is 9.23. The minimum absolute atomic E-state index is 0.352. The third-order valence-electron chi connectivity index (χ3n) is 5.40. The standard InChI is InChI=1S/C20H29ClN2O/c21-19(13-17-5-2-1-3-6-17)14-22-10-4-7-20(15-22)23-11-8-18(16-24)9-12-23/h1-3,5-6,13,18,20,24H,4,7-12,14-16H2. The fourth-order valence-electron chi connectivity index (χ4n) is 3.96. The van der Waals surface area contributed by atoms with E-state index in [-0.39, 0.29) is 0 Å². The van der Waals surface area contributed by atoms with Gasteiger partial charge < -0.3 is 5.11 Å². The lowest BCUT2D eigenvalue weighted by atomic mass is 9.94. The number of benzene rings is 1. The van der Waals surface area contributed by atoms with Gasteiger partial charge in [-0.05, 0) is 62.9 Å². The van der Waals surface area contributed by atoms with Crippen LogP contribution in [-0.4, -0.2) is 60.3 Å². The summed E-state index contributed by atoms with van der Waals surface area (Å²) in [4.78, 5) is 5.13. The van der Waals surface area contributed by atoms with Crippen LogP contribution in [0.1, 0.15) is 31.2 Å². The molecule has 24 heavy (non-hydrogen) atoms. The van der Waals surface area contributed by atoms with Crippen LogP contribution in [-0.2, 0) is 0 Å². The summed E-state index contributed by atoms with van der Waals surface area (Å²) in [6.45, 7) is 5.73. The highest BCUT2D eigenvalue weighted by Crippen LogP contribution is 2.24. The van der Waals surface area contributed by atoms with Crippen LogP contribution >= 0.6 is 11.6 Å². The summed E-state index contributed by atoms with van der Waals surface area (Å²) in [6.07, 6.45) is 6.90. The van der Waals surface area contributed by atoms with E-state index in [1.54, 1.807) is 0 Å². The molecule has 1 unspecified atom stereocenters. The van der Waals surface area contributed by atoms with Gasteiger partial charge in [0.05, 0.1) is 0 Å². The molecule has 2 heterocycles. The van der Waals surface area contributed by atoms with E-state index in [0.29, 0.717) is 18.6 Å². The van der Waals surface area contributed by atoms with E-state index >= 15 is 0 Å². The normalized spacial score (nSPS) is 25.1. The summed E-state index contributed by atoms with van der Waals surface area (Å²) in [5.41, 5.74) is 1.17. The zero-order chi connectivity index (χ0) is 16.8. The van der Waals surface area contributed by atoms with Crippen LogP contribution in [0.25, 0.3) is 6.08 Å². The van der Waals surface area contributed by atoms with Gasteiger partial charge in [-0.2, -0.15) is 0 Å². The van der Waals surface area contributed by atoms with Gasteiger partial charge in [-0.1, -0.05) is 41.9 Å². The molecule has 0 radical (unpaired) electrons. The number of rotatable bonds is 5. The van der Waals surface area contributed by atoms with E-state index in [0.717, 1.165) is 50.6 Å². The summed E-state index contributed by atoms with van der Waals surface area (Å²) in [5.74, 6) is 0.518. The summed E-state index contributed by atoms with van der Waals surface area (Å²) in [7, 11) is 0. The highest BCUT2D eigenvalue weighted by molar-refractivity contribution is 6.31. The molecule has 3 nitrogen and oxygen atoms in total. The molecule has 0 amide bonds. The number of nitrogens with zero attached hydrogens (tertiary/aromatic N) is 2. The molecule has 2 aliphatic rings. The molecule has 0 aliphatic carbocycles. The van der Waals surface area contributed by atoms with Crippen molar-refractivity contribution < 1.29 is 5.11 Å². The minimum Gasteiger partial charge on any atom is -0.396 e. The maximum absolute atomic E-state index is 9.30. The molecule has 1 atom stereocenters. The smallest absolute Gasteiger partial charge is 0.0460 e. The molecule has 0 aromatic heterocycles. The average Bonchev–Trinajstić information content (AvgIpc) is 2.63. The van der Waals surface area contributed by atoms with Gasteiger partial charge in [-0.25, -0.2) is 0 Å². The van der Waals surface area contributed by atoms with Crippen LogP contribution in [0.2, 0.25) is 0 Å². The van der Waals surface area contributed by atoms with Crippen LogP contribution in [0.5, 0.6) is 0 Å². The van der Waals surface area contributed by atoms with Crippen LogP contribution in [0, 0.1) is 5.92 Å². The van der Waals surface area contributed by atoms with E-state index in [2.05, 4.69) is 28.0 Å². The number of halogens is 1. The maximum Gasteiger partial charge on any atom is 0.0460 e. The third kappa shape index (κ3) is 5.06. The highest BCUT2D eigenvalue weighted by Gasteiger charge is 2.28. The Morgan fingerprint density at radius 3 is 2.58 bits per heavy atom. The lowest BCUT2D eigenvalue weighted by Crippen LogP contribution is -2.50. The largest absolute Gasteiger partial charge is 0.396 e. The number of aliphatic hydroxyl groups is 1.